The van der Waals surface area contributed by atoms with Gasteiger partial charge in [-0.3, -0.25) is 20.4 Å². The van der Waals surface area contributed by atoms with Crippen LogP contribution in [-0.4, -0.2) is 17.9 Å². The van der Waals surface area contributed by atoms with Gasteiger partial charge in [0.1, 0.15) is 5.75 Å². The predicted molar refractivity (Wildman–Crippen MR) is 79.5 cm³/mol. The van der Waals surface area contributed by atoms with E-state index in [1.165, 1.54) is 11.3 Å². The van der Waals surface area contributed by atoms with Crippen molar-refractivity contribution in [2.45, 2.75) is 12.5 Å². The zero-order chi connectivity index (χ0) is 14.8. The Morgan fingerprint density at radius 2 is 2.14 bits per heavy atom. The maximum atomic E-state index is 12.0. The van der Waals surface area contributed by atoms with Crippen LogP contribution in [0, 0.1) is 0 Å². The van der Waals surface area contributed by atoms with E-state index in [1.807, 2.05) is 0 Å². The number of carbonyl (C=O) groups excluding carboxylic acids is 2. The second-order valence-corrected chi connectivity index (χ2v) is 5.87. The van der Waals surface area contributed by atoms with Crippen LogP contribution in [0.15, 0.2) is 35.7 Å². The van der Waals surface area contributed by atoms with Crippen LogP contribution in [0.25, 0.3) is 0 Å². The van der Waals surface area contributed by atoms with Crippen molar-refractivity contribution >= 4 is 34.8 Å². The third kappa shape index (κ3) is 3.01. The standard InChI is InChI=1S/C14H11ClN2O3S/c15-9-3-4-10-8(6-9)7-11(20-10)13(18)16-17-14(19)12-2-1-5-21-12/h1-6,11H,7H2,(H,16,18)(H,17,19). The van der Waals surface area contributed by atoms with Gasteiger partial charge in [-0.2, -0.15) is 0 Å². The Balaban J connectivity index is 1.57. The number of ether oxygens (including phenoxy) is 1. The van der Waals surface area contributed by atoms with Gasteiger partial charge in [-0.15, -0.1) is 11.3 Å². The Morgan fingerprint density at radius 1 is 1.29 bits per heavy atom. The van der Waals surface area contributed by atoms with E-state index in [9.17, 15) is 9.59 Å². The van der Waals surface area contributed by atoms with Crippen molar-refractivity contribution in [1.82, 2.24) is 10.9 Å². The van der Waals surface area contributed by atoms with Gasteiger partial charge in [-0.1, -0.05) is 17.7 Å². The molecular weight excluding hydrogens is 312 g/mol. The Morgan fingerprint density at radius 3 is 2.90 bits per heavy atom. The van der Waals surface area contributed by atoms with Crippen LogP contribution in [0.3, 0.4) is 0 Å². The zero-order valence-electron chi connectivity index (χ0n) is 10.8. The lowest BCUT2D eigenvalue weighted by atomic mass is 10.1. The van der Waals surface area contributed by atoms with Crippen molar-refractivity contribution in [3.05, 3.63) is 51.2 Å². The van der Waals surface area contributed by atoms with Crippen LogP contribution in [0.2, 0.25) is 5.02 Å². The molecule has 0 saturated heterocycles. The van der Waals surface area contributed by atoms with Gasteiger partial charge in [-0.05, 0) is 35.2 Å². The van der Waals surface area contributed by atoms with Crippen molar-refractivity contribution in [3.63, 3.8) is 0 Å². The summed E-state index contributed by atoms with van der Waals surface area (Å²) < 4.78 is 5.53. The molecule has 108 valence electrons. The molecule has 2 N–H and O–H groups in total. The summed E-state index contributed by atoms with van der Waals surface area (Å²) in [6.45, 7) is 0. The number of benzene rings is 1. The SMILES string of the molecule is O=C(NNC(=O)C1Cc2cc(Cl)ccc2O1)c1cccs1. The molecule has 0 aliphatic carbocycles. The fourth-order valence-electron chi connectivity index (χ4n) is 2.03. The number of hydrazine groups is 1. The maximum absolute atomic E-state index is 12.0. The average Bonchev–Trinajstić information content (AvgIpc) is 3.12. The minimum Gasteiger partial charge on any atom is -0.480 e. The van der Waals surface area contributed by atoms with E-state index in [1.54, 1.807) is 35.7 Å². The summed E-state index contributed by atoms with van der Waals surface area (Å²) in [5, 5.41) is 2.39. The first kappa shape index (κ1) is 13.9. The number of nitrogens with one attached hydrogen (secondary N) is 2. The normalized spacial score (nSPS) is 16.0. The number of amides is 2. The number of rotatable bonds is 2. The maximum Gasteiger partial charge on any atom is 0.279 e. The molecule has 0 saturated carbocycles. The fraction of sp³-hybridized carbons (Fsp3) is 0.143. The highest BCUT2D eigenvalue weighted by atomic mass is 35.5. The number of hydrogen-bond acceptors (Lipinski definition) is 4. The largest absolute Gasteiger partial charge is 0.480 e. The molecule has 5 nitrogen and oxygen atoms in total. The Labute approximate surface area is 129 Å². The van der Waals surface area contributed by atoms with Gasteiger partial charge in [0.15, 0.2) is 6.10 Å². The van der Waals surface area contributed by atoms with E-state index in [-0.39, 0.29) is 5.91 Å². The lowest BCUT2D eigenvalue weighted by Gasteiger charge is -2.11. The van der Waals surface area contributed by atoms with Crippen LogP contribution < -0.4 is 15.6 Å². The second kappa shape index (κ2) is 5.75. The first-order valence-electron chi connectivity index (χ1n) is 6.22. The molecule has 21 heavy (non-hydrogen) atoms. The monoisotopic (exact) mass is 322 g/mol. The molecule has 1 unspecified atom stereocenters. The van der Waals surface area contributed by atoms with Gasteiger partial charge in [-0.25, -0.2) is 0 Å². The summed E-state index contributed by atoms with van der Waals surface area (Å²) in [7, 11) is 0. The highest BCUT2D eigenvalue weighted by Crippen LogP contribution is 2.30. The molecule has 3 rings (SSSR count). The Hall–Kier alpha value is -2.05. The van der Waals surface area contributed by atoms with Crippen molar-refractivity contribution in [1.29, 1.82) is 0 Å². The summed E-state index contributed by atoms with van der Waals surface area (Å²) in [4.78, 5) is 24.2. The van der Waals surface area contributed by atoms with E-state index in [2.05, 4.69) is 10.9 Å². The third-order valence-electron chi connectivity index (χ3n) is 3.03. The average molecular weight is 323 g/mol. The first-order chi connectivity index (χ1) is 10.1. The lowest BCUT2D eigenvalue weighted by Crippen LogP contribution is -2.47. The van der Waals surface area contributed by atoms with E-state index in [0.29, 0.717) is 22.1 Å². The summed E-state index contributed by atoms with van der Waals surface area (Å²) in [6, 6.07) is 8.65. The molecule has 0 radical (unpaired) electrons. The van der Waals surface area contributed by atoms with E-state index in [0.717, 1.165) is 5.56 Å². The summed E-state index contributed by atoms with van der Waals surface area (Å²) >= 11 is 7.20. The predicted octanol–water partition coefficient (Wildman–Crippen LogP) is 2.17. The van der Waals surface area contributed by atoms with E-state index in [4.69, 9.17) is 16.3 Å². The molecule has 7 heteroatoms. The molecule has 1 aliphatic heterocycles. The minimum atomic E-state index is -0.665. The zero-order valence-corrected chi connectivity index (χ0v) is 12.3. The quantitative estimate of drug-likeness (QED) is 0.833. The molecule has 0 bridgehead atoms. The molecular formula is C14H11ClN2O3S. The van der Waals surface area contributed by atoms with Gasteiger partial charge >= 0.3 is 0 Å². The molecule has 1 aromatic heterocycles. The number of fused-ring (bicyclic) bond motifs is 1. The molecule has 1 aromatic carbocycles. The highest BCUT2D eigenvalue weighted by Gasteiger charge is 2.29. The van der Waals surface area contributed by atoms with Crippen LogP contribution in [0.5, 0.6) is 5.75 Å². The molecule has 1 aliphatic rings. The summed E-state index contributed by atoms with van der Waals surface area (Å²) in [6.07, 6.45) is -0.238. The van der Waals surface area contributed by atoms with Gasteiger partial charge in [0.05, 0.1) is 4.88 Å². The van der Waals surface area contributed by atoms with Crippen LogP contribution in [-0.2, 0) is 11.2 Å². The van der Waals surface area contributed by atoms with E-state index < -0.39 is 12.0 Å². The third-order valence-corrected chi connectivity index (χ3v) is 4.14. The van der Waals surface area contributed by atoms with Crippen molar-refractivity contribution < 1.29 is 14.3 Å². The smallest absolute Gasteiger partial charge is 0.279 e. The van der Waals surface area contributed by atoms with Gasteiger partial charge in [0.2, 0.25) is 0 Å². The number of carbonyl (C=O) groups is 2. The second-order valence-electron chi connectivity index (χ2n) is 4.48. The lowest BCUT2D eigenvalue weighted by molar-refractivity contribution is -0.128. The van der Waals surface area contributed by atoms with E-state index >= 15 is 0 Å². The topological polar surface area (TPSA) is 67.4 Å². The highest BCUT2D eigenvalue weighted by molar-refractivity contribution is 7.12. The van der Waals surface area contributed by atoms with Gasteiger partial charge in [0, 0.05) is 11.4 Å². The van der Waals surface area contributed by atoms with Gasteiger partial charge < -0.3 is 4.74 Å². The molecule has 0 fully saturated rings. The molecule has 2 aromatic rings. The van der Waals surface area contributed by atoms with Crippen LogP contribution >= 0.6 is 22.9 Å². The minimum absolute atomic E-state index is 0.350. The molecule has 2 heterocycles. The number of hydrogen-bond donors (Lipinski definition) is 2. The molecule has 2 amide bonds. The van der Waals surface area contributed by atoms with Crippen molar-refractivity contribution in [3.8, 4) is 5.75 Å². The number of thiophene rings is 1. The van der Waals surface area contributed by atoms with Gasteiger partial charge in [0.25, 0.3) is 11.8 Å². The summed E-state index contributed by atoms with van der Waals surface area (Å²) in [5.74, 6) is -0.103. The Kier molecular flexibility index (Phi) is 3.81. The van der Waals surface area contributed by atoms with Crippen molar-refractivity contribution in [2.75, 3.05) is 0 Å². The molecule has 0 spiro atoms. The first-order valence-corrected chi connectivity index (χ1v) is 7.48. The molecule has 1 atom stereocenters. The fourth-order valence-corrected chi connectivity index (χ4v) is 2.85. The summed E-state index contributed by atoms with van der Waals surface area (Å²) in [5.41, 5.74) is 5.62. The van der Waals surface area contributed by atoms with Crippen LogP contribution in [0.4, 0.5) is 0 Å². The number of halogens is 1. The van der Waals surface area contributed by atoms with Crippen molar-refractivity contribution in [2.24, 2.45) is 0 Å². The van der Waals surface area contributed by atoms with Crippen LogP contribution in [0.1, 0.15) is 15.2 Å². The Bertz CT molecular complexity index is 688.